The van der Waals surface area contributed by atoms with E-state index in [1.165, 1.54) is 21.9 Å². The minimum atomic E-state index is 0.624. The first kappa shape index (κ1) is 13.5. The van der Waals surface area contributed by atoms with Crippen LogP contribution in [-0.4, -0.2) is 31.4 Å². The molecule has 0 saturated heterocycles. The molecule has 0 N–H and O–H groups in total. The topological polar surface area (TPSA) is 0 Å². The van der Waals surface area contributed by atoms with Crippen LogP contribution in [-0.2, 0) is 0 Å². The Morgan fingerprint density at radius 1 is 0.562 bits per heavy atom. The molecule has 82 valence electrons. The Morgan fingerprint density at radius 3 is 0.875 bits per heavy atom. The van der Waals surface area contributed by atoms with Gasteiger partial charge in [-0.2, -0.15) is 0 Å². The van der Waals surface area contributed by atoms with Gasteiger partial charge in [-0.3, -0.25) is 0 Å². The summed E-state index contributed by atoms with van der Waals surface area (Å²) < 4.78 is 0. The maximum absolute atomic E-state index is 2.29. The first-order valence-corrected chi connectivity index (χ1v) is 6.39. The molecular weight excluding hydrogens is 187 g/mol. The summed E-state index contributed by atoms with van der Waals surface area (Å²) in [4.78, 5) is 0. The van der Waals surface area contributed by atoms with Gasteiger partial charge >= 0.3 is 0 Å². The van der Waals surface area contributed by atoms with E-state index in [1.54, 1.807) is 11.1 Å². The Morgan fingerprint density at radius 2 is 0.750 bits per heavy atom. The predicted octanol–water partition coefficient (Wildman–Crippen LogP) is -3.03. The maximum Gasteiger partial charge on any atom is 0.138 e. The van der Waals surface area contributed by atoms with Crippen molar-refractivity contribution in [1.29, 1.82) is 0 Å². The fourth-order valence-electron chi connectivity index (χ4n) is 3.10. The van der Waals surface area contributed by atoms with Gasteiger partial charge in [-0.05, 0) is 11.8 Å². The number of rotatable bonds is 2. The summed E-state index contributed by atoms with van der Waals surface area (Å²) in [7, 11) is 9.12. The molecule has 0 aliphatic carbocycles. The summed E-state index contributed by atoms with van der Waals surface area (Å²) >= 11 is 0. The van der Waals surface area contributed by atoms with Gasteiger partial charge in [0, 0.05) is 0 Å². The molecule has 0 aliphatic rings. The van der Waals surface area contributed by atoms with Gasteiger partial charge in [0.15, 0.2) is 0 Å². The van der Waals surface area contributed by atoms with E-state index in [0.29, 0.717) is 11.8 Å². The van der Waals surface area contributed by atoms with Gasteiger partial charge in [0.2, 0.25) is 0 Å². The molecule has 0 radical (unpaired) electrons. The average molecular weight is 210 g/mol. The van der Waals surface area contributed by atoms with E-state index < -0.39 is 0 Å². The van der Waals surface area contributed by atoms with Crippen LogP contribution in [0, 0.1) is 0 Å². The van der Waals surface area contributed by atoms with E-state index in [1.807, 2.05) is 0 Å². The highest BCUT2D eigenvalue weighted by Crippen LogP contribution is 2.11. The van der Waals surface area contributed by atoms with Gasteiger partial charge in [-0.1, -0.05) is 60.7 Å². The van der Waals surface area contributed by atoms with Crippen LogP contribution in [0.4, 0.5) is 0 Å². The van der Waals surface area contributed by atoms with Crippen LogP contribution >= 0.6 is 0 Å². The average Bonchev–Trinajstić information content (AvgIpc) is 2.14. The molecule has 0 heterocycles. The molecule has 0 unspecified atom stereocenters. The maximum atomic E-state index is 2.29. The van der Waals surface area contributed by atoms with Crippen LogP contribution in [0.1, 0.15) is 50.7 Å². The normalized spacial score (nSPS) is 11.4. The molecule has 0 atom stereocenters. The van der Waals surface area contributed by atoms with Crippen molar-refractivity contribution in [2.24, 2.45) is 0 Å². The Hall–Kier alpha value is -0.520. The summed E-state index contributed by atoms with van der Waals surface area (Å²) in [6.07, 6.45) is 0. The highest BCUT2D eigenvalue weighted by Gasteiger charge is 2.16. The van der Waals surface area contributed by atoms with Crippen molar-refractivity contribution in [2.45, 2.75) is 39.5 Å². The summed E-state index contributed by atoms with van der Waals surface area (Å²) in [6, 6.07) is 0. The molecule has 4 heteroatoms. The SMILES string of the molecule is Bc1c(B)c(C(C)C)c(B)c(B)c1C(C)C. The van der Waals surface area contributed by atoms with E-state index in [-0.39, 0.29) is 0 Å². The largest absolute Gasteiger partial charge is 0.138 e. The Labute approximate surface area is 104 Å². The zero-order valence-corrected chi connectivity index (χ0v) is 12.2. The zero-order chi connectivity index (χ0) is 12.6. The first-order valence-electron chi connectivity index (χ1n) is 6.39. The molecule has 16 heavy (non-hydrogen) atoms. The lowest BCUT2D eigenvalue weighted by molar-refractivity contribution is 0.867. The lowest BCUT2D eigenvalue weighted by Crippen LogP contribution is -2.48. The fraction of sp³-hybridized carbons (Fsp3) is 0.500. The second-order valence-electron chi connectivity index (χ2n) is 5.64. The van der Waals surface area contributed by atoms with Crippen LogP contribution in [0.15, 0.2) is 0 Å². The highest BCUT2D eigenvalue weighted by atomic mass is 14.2. The summed E-state index contributed by atoms with van der Waals surface area (Å²) in [5.74, 6) is 1.25. The number of benzene rings is 1. The Balaban J connectivity index is 3.63. The Kier molecular flexibility index (Phi) is 4.04. The lowest BCUT2D eigenvalue weighted by Gasteiger charge is -2.25. The summed E-state index contributed by atoms with van der Waals surface area (Å²) in [6.45, 7) is 9.18. The minimum absolute atomic E-state index is 0.624. The van der Waals surface area contributed by atoms with Crippen LogP contribution in [0.5, 0.6) is 0 Å². The van der Waals surface area contributed by atoms with Gasteiger partial charge in [0.25, 0.3) is 0 Å². The van der Waals surface area contributed by atoms with Crippen LogP contribution < -0.4 is 21.9 Å². The lowest BCUT2D eigenvalue weighted by atomic mass is 9.61. The Bertz CT molecular complexity index is 340. The molecule has 0 nitrogen and oxygen atoms in total. The molecule has 0 amide bonds. The van der Waals surface area contributed by atoms with E-state index in [0.717, 1.165) is 0 Å². The van der Waals surface area contributed by atoms with E-state index in [4.69, 9.17) is 0 Å². The summed E-state index contributed by atoms with van der Waals surface area (Å²) in [5.41, 5.74) is 9.12. The molecule has 0 bridgehead atoms. The highest BCUT2D eigenvalue weighted by molar-refractivity contribution is 6.58. The van der Waals surface area contributed by atoms with Crippen molar-refractivity contribution in [2.75, 3.05) is 0 Å². The molecule has 1 aromatic rings. The van der Waals surface area contributed by atoms with Crippen molar-refractivity contribution in [3.8, 4) is 0 Å². The van der Waals surface area contributed by atoms with Gasteiger partial charge in [-0.15, -0.1) is 0 Å². The number of hydrogen-bond donors (Lipinski definition) is 0. The minimum Gasteiger partial charge on any atom is -0.0921 e. The quantitative estimate of drug-likeness (QED) is 0.455. The third kappa shape index (κ3) is 2.12. The second kappa shape index (κ2) is 4.77. The third-order valence-electron chi connectivity index (χ3n) is 3.90. The molecule has 0 aromatic heterocycles. The van der Waals surface area contributed by atoms with Crippen molar-refractivity contribution in [3.63, 3.8) is 0 Å². The van der Waals surface area contributed by atoms with Gasteiger partial charge in [-0.25, -0.2) is 0 Å². The predicted molar refractivity (Wildman–Crippen MR) is 87.3 cm³/mol. The second-order valence-corrected chi connectivity index (χ2v) is 5.64. The third-order valence-corrected chi connectivity index (χ3v) is 3.90. The van der Waals surface area contributed by atoms with Crippen LogP contribution in [0.3, 0.4) is 0 Å². The molecular formula is C12H22B4. The zero-order valence-electron chi connectivity index (χ0n) is 12.2. The molecule has 0 aliphatic heterocycles. The van der Waals surface area contributed by atoms with E-state index >= 15 is 0 Å². The van der Waals surface area contributed by atoms with Gasteiger partial charge < -0.3 is 0 Å². The monoisotopic (exact) mass is 210 g/mol. The smallest absolute Gasteiger partial charge is 0.0921 e. The van der Waals surface area contributed by atoms with Crippen molar-refractivity contribution in [1.82, 2.24) is 0 Å². The van der Waals surface area contributed by atoms with Crippen LogP contribution in [0.2, 0.25) is 0 Å². The van der Waals surface area contributed by atoms with Crippen molar-refractivity contribution in [3.05, 3.63) is 11.1 Å². The molecule has 0 fully saturated rings. The number of hydrogen-bond acceptors (Lipinski definition) is 0. The fourth-order valence-corrected chi connectivity index (χ4v) is 3.10. The van der Waals surface area contributed by atoms with Crippen LogP contribution in [0.25, 0.3) is 0 Å². The van der Waals surface area contributed by atoms with Crippen molar-refractivity contribution < 1.29 is 0 Å². The van der Waals surface area contributed by atoms with E-state index in [2.05, 4.69) is 59.1 Å². The molecule has 1 aromatic carbocycles. The van der Waals surface area contributed by atoms with Crippen molar-refractivity contribution >= 4 is 53.2 Å². The molecule has 0 spiro atoms. The van der Waals surface area contributed by atoms with E-state index in [9.17, 15) is 0 Å². The molecule has 0 saturated carbocycles. The van der Waals surface area contributed by atoms with Gasteiger partial charge in [0.05, 0.1) is 0 Å². The van der Waals surface area contributed by atoms with Gasteiger partial charge in [0.1, 0.15) is 31.4 Å². The summed E-state index contributed by atoms with van der Waals surface area (Å²) in [5, 5.41) is 0. The standard InChI is InChI=1S/C12H22B4/c1-5(2)7-9(13)11(15)8(6(3)4)12(16)10(7)14/h5-6H,13-16H2,1-4H3. The first-order chi connectivity index (χ1) is 7.29. The molecule has 1 rings (SSSR count).